The van der Waals surface area contributed by atoms with Crippen LogP contribution in [0, 0.1) is 24.2 Å². The number of carbonyl (C=O) groups is 1. The molecule has 1 aromatic heterocycles. The van der Waals surface area contributed by atoms with Crippen molar-refractivity contribution in [2.45, 2.75) is 32.6 Å². The maximum Gasteiger partial charge on any atom is 0.310 e. The van der Waals surface area contributed by atoms with E-state index < -0.39 is 11.4 Å². The van der Waals surface area contributed by atoms with Gasteiger partial charge in [-0.15, -0.1) is 0 Å². The van der Waals surface area contributed by atoms with Gasteiger partial charge in [0.1, 0.15) is 0 Å². The third-order valence-corrected chi connectivity index (χ3v) is 4.45. The average Bonchev–Trinajstić information content (AvgIpc) is 2.90. The van der Waals surface area contributed by atoms with Crippen molar-refractivity contribution in [2.75, 3.05) is 0 Å². The number of carboxylic acid groups (broad SMARTS) is 1. The Kier molecular flexibility index (Phi) is 2.25. The van der Waals surface area contributed by atoms with Crippen LogP contribution in [0.2, 0.25) is 0 Å². The number of hydrogen-bond acceptors (Lipinski definition) is 2. The standard InChI is InChI=1S/C14H17NO2/c1-9-3-2-4-15-12(9)8-14(13(16)17)6-10-5-11(10)7-14/h2-4,10-11H,5-8H2,1H3,(H,16,17). The van der Waals surface area contributed by atoms with Crippen molar-refractivity contribution in [2.24, 2.45) is 17.3 Å². The van der Waals surface area contributed by atoms with Gasteiger partial charge >= 0.3 is 5.97 Å². The topological polar surface area (TPSA) is 50.2 Å². The number of hydrogen-bond donors (Lipinski definition) is 1. The van der Waals surface area contributed by atoms with Crippen molar-refractivity contribution in [1.29, 1.82) is 0 Å². The van der Waals surface area contributed by atoms with Gasteiger partial charge in [-0.05, 0) is 49.7 Å². The quantitative estimate of drug-likeness (QED) is 0.869. The molecule has 3 nitrogen and oxygen atoms in total. The lowest BCUT2D eigenvalue weighted by Crippen LogP contribution is -2.32. The zero-order valence-corrected chi connectivity index (χ0v) is 10.0. The van der Waals surface area contributed by atoms with Crippen LogP contribution in [0.5, 0.6) is 0 Å². The molecule has 1 heterocycles. The van der Waals surface area contributed by atoms with Crippen LogP contribution in [0.4, 0.5) is 0 Å². The fraction of sp³-hybridized carbons (Fsp3) is 0.571. The third kappa shape index (κ3) is 1.74. The number of fused-ring (bicyclic) bond motifs is 1. The number of aliphatic carboxylic acids is 1. The van der Waals surface area contributed by atoms with E-state index in [2.05, 4.69) is 4.98 Å². The van der Waals surface area contributed by atoms with Gasteiger partial charge in [0.15, 0.2) is 0 Å². The number of pyridine rings is 1. The van der Waals surface area contributed by atoms with Gasteiger partial charge < -0.3 is 5.11 Å². The summed E-state index contributed by atoms with van der Waals surface area (Å²) in [6.45, 7) is 2.01. The second-order valence-corrected chi connectivity index (χ2v) is 5.69. The van der Waals surface area contributed by atoms with Gasteiger partial charge in [-0.2, -0.15) is 0 Å². The molecule has 2 atom stereocenters. The Hall–Kier alpha value is -1.38. The molecule has 1 aromatic rings. The van der Waals surface area contributed by atoms with E-state index in [-0.39, 0.29) is 0 Å². The minimum absolute atomic E-state index is 0.535. The third-order valence-electron chi connectivity index (χ3n) is 4.45. The van der Waals surface area contributed by atoms with E-state index in [0.29, 0.717) is 18.3 Å². The first-order chi connectivity index (χ1) is 8.11. The smallest absolute Gasteiger partial charge is 0.310 e. The van der Waals surface area contributed by atoms with Gasteiger partial charge in [0.2, 0.25) is 0 Å². The number of nitrogens with zero attached hydrogens (tertiary/aromatic N) is 1. The SMILES string of the molecule is Cc1cccnc1CC1(C(=O)O)CC2CC2C1. The monoisotopic (exact) mass is 231 g/mol. The van der Waals surface area contributed by atoms with E-state index in [1.807, 2.05) is 19.1 Å². The summed E-state index contributed by atoms with van der Waals surface area (Å²) < 4.78 is 0. The molecule has 3 rings (SSSR count). The van der Waals surface area contributed by atoms with Crippen molar-refractivity contribution >= 4 is 5.97 Å². The molecule has 2 fully saturated rings. The number of rotatable bonds is 3. The van der Waals surface area contributed by atoms with Crippen molar-refractivity contribution in [3.63, 3.8) is 0 Å². The van der Waals surface area contributed by atoms with E-state index in [0.717, 1.165) is 24.1 Å². The van der Waals surface area contributed by atoms with Crippen LogP contribution in [-0.4, -0.2) is 16.1 Å². The fourth-order valence-electron chi connectivity index (χ4n) is 3.32. The molecule has 0 aliphatic heterocycles. The number of carboxylic acids is 1. The summed E-state index contributed by atoms with van der Waals surface area (Å²) in [6.07, 6.45) is 5.30. The summed E-state index contributed by atoms with van der Waals surface area (Å²) in [7, 11) is 0. The summed E-state index contributed by atoms with van der Waals surface area (Å²) in [4.78, 5) is 15.9. The van der Waals surface area contributed by atoms with E-state index in [9.17, 15) is 9.90 Å². The van der Waals surface area contributed by atoms with Crippen molar-refractivity contribution < 1.29 is 9.90 Å². The highest BCUT2D eigenvalue weighted by Crippen LogP contribution is 2.60. The molecule has 0 bridgehead atoms. The Labute approximate surface area is 101 Å². The Morgan fingerprint density at radius 3 is 2.82 bits per heavy atom. The molecule has 90 valence electrons. The molecule has 17 heavy (non-hydrogen) atoms. The van der Waals surface area contributed by atoms with Gasteiger partial charge in [-0.1, -0.05) is 6.07 Å². The second kappa shape index (κ2) is 3.56. The van der Waals surface area contributed by atoms with Crippen molar-refractivity contribution in [1.82, 2.24) is 4.98 Å². The highest BCUT2D eigenvalue weighted by Gasteiger charge is 2.57. The zero-order chi connectivity index (χ0) is 12.0. The molecule has 2 saturated carbocycles. The lowest BCUT2D eigenvalue weighted by Gasteiger charge is -2.26. The van der Waals surface area contributed by atoms with Crippen LogP contribution in [-0.2, 0) is 11.2 Å². The molecular weight excluding hydrogens is 214 g/mol. The Balaban J connectivity index is 1.87. The summed E-state index contributed by atoms with van der Waals surface area (Å²) in [5, 5.41) is 9.53. The molecule has 0 spiro atoms. The van der Waals surface area contributed by atoms with Crippen LogP contribution in [0.3, 0.4) is 0 Å². The molecule has 2 aliphatic rings. The van der Waals surface area contributed by atoms with Gasteiger partial charge in [0.05, 0.1) is 5.41 Å². The molecule has 0 amide bonds. The first-order valence-electron chi connectivity index (χ1n) is 6.25. The van der Waals surface area contributed by atoms with E-state index in [1.165, 1.54) is 6.42 Å². The van der Waals surface area contributed by atoms with Crippen LogP contribution in [0.25, 0.3) is 0 Å². The molecule has 0 saturated heterocycles. The molecule has 1 N–H and O–H groups in total. The second-order valence-electron chi connectivity index (χ2n) is 5.69. The molecule has 0 aromatic carbocycles. The number of aromatic nitrogens is 1. The molecule has 3 heteroatoms. The minimum atomic E-state index is -0.630. The normalized spacial score (nSPS) is 34.4. The Morgan fingerprint density at radius 2 is 2.24 bits per heavy atom. The first-order valence-corrected chi connectivity index (χ1v) is 6.25. The lowest BCUT2D eigenvalue weighted by atomic mass is 9.78. The molecular formula is C14H17NO2. The van der Waals surface area contributed by atoms with E-state index in [1.54, 1.807) is 6.20 Å². The highest BCUT2D eigenvalue weighted by atomic mass is 16.4. The summed E-state index contributed by atoms with van der Waals surface area (Å²) in [5.41, 5.74) is 1.53. The van der Waals surface area contributed by atoms with Crippen LogP contribution in [0.15, 0.2) is 18.3 Å². The minimum Gasteiger partial charge on any atom is -0.481 e. The summed E-state index contributed by atoms with van der Waals surface area (Å²) in [6, 6.07) is 3.91. The van der Waals surface area contributed by atoms with E-state index in [4.69, 9.17) is 0 Å². The predicted molar refractivity (Wildman–Crippen MR) is 63.6 cm³/mol. The lowest BCUT2D eigenvalue weighted by molar-refractivity contribution is -0.149. The Bertz CT molecular complexity index is 459. The van der Waals surface area contributed by atoms with Crippen molar-refractivity contribution in [3.8, 4) is 0 Å². The maximum absolute atomic E-state index is 11.6. The first kappa shape index (κ1) is 10.8. The molecule has 2 unspecified atom stereocenters. The van der Waals surface area contributed by atoms with Gasteiger partial charge in [-0.25, -0.2) is 0 Å². The summed E-state index contributed by atoms with van der Waals surface area (Å²) in [5.74, 6) is 0.722. The van der Waals surface area contributed by atoms with Crippen LogP contribution < -0.4 is 0 Å². The van der Waals surface area contributed by atoms with Crippen LogP contribution in [0.1, 0.15) is 30.5 Å². The fourth-order valence-corrected chi connectivity index (χ4v) is 3.32. The summed E-state index contributed by atoms with van der Waals surface area (Å²) >= 11 is 0. The maximum atomic E-state index is 11.6. The molecule has 2 aliphatic carbocycles. The Morgan fingerprint density at radius 1 is 1.53 bits per heavy atom. The van der Waals surface area contributed by atoms with Gasteiger partial charge in [0, 0.05) is 18.3 Å². The molecule has 0 radical (unpaired) electrons. The highest BCUT2D eigenvalue weighted by molar-refractivity contribution is 5.76. The van der Waals surface area contributed by atoms with Gasteiger partial charge in [0.25, 0.3) is 0 Å². The largest absolute Gasteiger partial charge is 0.481 e. The van der Waals surface area contributed by atoms with E-state index >= 15 is 0 Å². The zero-order valence-electron chi connectivity index (χ0n) is 10.0. The average molecular weight is 231 g/mol. The van der Waals surface area contributed by atoms with Crippen LogP contribution >= 0.6 is 0 Å². The number of aryl methyl sites for hydroxylation is 1. The van der Waals surface area contributed by atoms with Crippen molar-refractivity contribution in [3.05, 3.63) is 29.6 Å². The predicted octanol–water partition coefficient (Wildman–Crippen LogP) is 2.43. The van der Waals surface area contributed by atoms with Gasteiger partial charge in [-0.3, -0.25) is 9.78 Å².